The number of cyclic esters (lactones) is 1. The van der Waals surface area contributed by atoms with Crippen LogP contribution in [0.4, 0.5) is 0 Å². The van der Waals surface area contributed by atoms with Crippen molar-refractivity contribution in [3.8, 4) is 5.95 Å². The first kappa shape index (κ1) is 8.87. The van der Waals surface area contributed by atoms with E-state index in [1.807, 2.05) is 0 Å². The third-order valence-electron chi connectivity index (χ3n) is 1.95. The molecule has 1 aliphatic heterocycles. The van der Waals surface area contributed by atoms with Crippen LogP contribution in [0.2, 0.25) is 0 Å². The van der Waals surface area contributed by atoms with E-state index >= 15 is 0 Å². The largest absolute Gasteiger partial charge is 0.464 e. The van der Waals surface area contributed by atoms with Gasteiger partial charge in [0.1, 0.15) is 12.9 Å². The summed E-state index contributed by atoms with van der Waals surface area (Å²) in [7, 11) is 0. The highest BCUT2D eigenvalue weighted by molar-refractivity contribution is 5.95. The second kappa shape index (κ2) is 3.57. The van der Waals surface area contributed by atoms with E-state index in [0.717, 1.165) is 5.56 Å². The van der Waals surface area contributed by atoms with Crippen LogP contribution in [0.25, 0.3) is 0 Å². The van der Waals surface area contributed by atoms with Crippen molar-refractivity contribution in [2.75, 3.05) is 6.61 Å². The van der Waals surface area contributed by atoms with Gasteiger partial charge >= 0.3 is 5.97 Å². The number of carbonyl (C=O) groups excluding carboxylic acids is 1. The second-order valence-corrected chi connectivity index (χ2v) is 2.93. The molecular formula is C10H10O4. The van der Waals surface area contributed by atoms with Crippen LogP contribution in [0.3, 0.4) is 0 Å². The van der Waals surface area contributed by atoms with Gasteiger partial charge in [-0.15, -0.1) is 6.58 Å². The Labute approximate surface area is 81.1 Å². The first-order valence-corrected chi connectivity index (χ1v) is 4.34. The monoisotopic (exact) mass is 194 g/mol. The Morgan fingerprint density at radius 3 is 3.29 bits per heavy atom. The third kappa shape index (κ3) is 1.39. The fourth-order valence-corrected chi connectivity index (χ4v) is 1.25. The topological polar surface area (TPSA) is 48.7 Å². The lowest BCUT2D eigenvalue weighted by atomic mass is 10.2. The minimum Gasteiger partial charge on any atom is -0.464 e. The molecule has 4 nitrogen and oxygen atoms in total. The minimum atomic E-state index is -0.373. The van der Waals surface area contributed by atoms with Crippen molar-refractivity contribution in [1.29, 1.82) is 0 Å². The number of ether oxygens (including phenoxy) is 2. The van der Waals surface area contributed by atoms with Crippen molar-refractivity contribution in [3.63, 3.8) is 0 Å². The molecular weight excluding hydrogens is 184 g/mol. The van der Waals surface area contributed by atoms with Crippen LogP contribution in [0.1, 0.15) is 22.3 Å². The zero-order valence-corrected chi connectivity index (χ0v) is 7.62. The van der Waals surface area contributed by atoms with Crippen molar-refractivity contribution in [2.24, 2.45) is 0 Å². The zero-order valence-electron chi connectivity index (χ0n) is 7.62. The summed E-state index contributed by atoms with van der Waals surface area (Å²) in [5, 5.41) is 0. The average Bonchev–Trinajstić information content (AvgIpc) is 2.72. The van der Waals surface area contributed by atoms with Gasteiger partial charge in [-0.1, -0.05) is 6.08 Å². The summed E-state index contributed by atoms with van der Waals surface area (Å²) in [5.41, 5.74) is 1.18. The molecule has 2 rings (SSSR count). The standard InChI is InChI=1S/C10H10O4/c1-2-3-4-12-10-8-7(6-14-10)5-13-9(8)11/h2,6H,1,3-5H2. The number of furan rings is 1. The molecule has 0 atom stereocenters. The quantitative estimate of drug-likeness (QED) is 0.417. The fraction of sp³-hybridized carbons (Fsp3) is 0.300. The van der Waals surface area contributed by atoms with Gasteiger partial charge in [-0.2, -0.15) is 0 Å². The lowest BCUT2D eigenvalue weighted by Crippen LogP contribution is -2.00. The van der Waals surface area contributed by atoms with E-state index in [0.29, 0.717) is 18.6 Å². The van der Waals surface area contributed by atoms with Gasteiger partial charge in [0.25, 0.3) is 5.95 Å². The summed E-state index contributed by atoms with van der Waals surface area (Å²) < 4.78 is 15.2. The maximum absolute atomic E-state index is 11.2. The van der Waals surface area contributed by atoms with Crippen LogP contribution in [-0.2, 0) is 11.3 Å². The normalized spacial score (nSPS) is 13.6. The summed E-state index contributed by atoms with van der Waals surface area (Å²) in [6.45, 7) is 4.30. The van der Waals surface area contributed by atoms with Crippen LogP contribution in [0.5, 0.6) is 5.95 Å². The highest BCUT2D eigenvalue weighted by Gasteiger charge is 2.29. The predicted octanol–water partition coefficient (Wildman–Crippen LogP) is 1.90. The molecule has 0 N–H and O–H groups in total. The van der Waals surface area contributed by atoms with Crippen molar-refractivity contribution < 1.29 is 18.7 Å². The fourth-order valence-electron chi connectivity index (χ4n) is 1.25. The van der Waals surface area contributed by atoms with Gasteiger partial charge in [-0.25, -0.2) is 4.79 Å². The molecule has 2 heterocycles. The highest BCUT2D eigenvalue weighted by atomic mass is 16.6. The van der Waals surface area contributed by atoms with Gasteiger partial charge < -0.3 is 13.9 Å². The number of hydrogen-bond acceptors (Lipinski definition) is 4. The van der Waals surface area contributed by atoms with Gasteiger partial charge in [0.2, 0.25) is 0 Å². The van der Waals surface area contributed by atoms with Gasteiger partial charge in [-0.05, 0) is 6.42 Å². The van der Waals surface area contributed by atoms with E-state index in [1.165, 1.54) is 6.26 Å². The maximum Gasteiger partial charge on any atom is 0.346 e. The van der Waals surface area contributed by atoms with E-state index in [2.05, 4.69) is 6.58 Å². The van der Waals surface area contributed by atoms with Gasteiger partial charge in [0.05, 0.1) is 6.61 Å². The van der Waals surface area contributed by atoms with Crippen LogP contribution in [-0.4, -0.2) is 12.6 Å². The van der Waals surface area contributed by atoms with E-state index < -0.39 is 0 Å². The molecule has 0 saturated heterocycles. The summed E-state index contributed by atoms with van der Waals surface area (Å²) in [5.74, 6) is -0.119. The number of hydrogen-bond donors (Lipinski definition) is 0. The highest BCUT2D eigenvalue weighted by Crippen LogP contribution is 2.31. The van der Waals surface area contributed by atoms with Crippen LogP contribution >= 0.6 is 0 Å². The molecule has 0 bridgehead atoms. The van der Waals surface area contributed by atoms with Gasteiger partial charge in [-0.3, -0.25) is 0 Å². The molecule has 4 heteroatoms. The maximum atomic E-state index is 11.2. The molecule has 0 unspecified atom stereocenters. The molecule has 1 aromatic rings. The Balaban J connectivity index is 2.11. The van der Waals surface area contributed by atoms with Gasteiger partial charge in [0, 0.05) is 5.56 Å². The Morgan fingerprint density at radius 1 is 1.64 bits per heavy atom. The smallest absolute Gasteiger partial charge is 0.346 e. The van der Waals surface area contributed by atoms with Crippen LogP contribution < -0.4 is 4.74 Å². The molecule has 0 radical (unpaired) electrons. The van der Waals surface area contributed by atoms with Crippen molar-refractivity contribution in [1.82, 2.24) is 0 Å². The number of fused-ring (bicyclic) bond motifs is 1. The van der Waals surface area contributed by atoms with Crippen LogP contribution in [0, 0.1) is 0 Å². The number of esters is 1. The SMILES string of the molecule is C=CCCOc1occ2c1C(=O)OC2. The Kier molecular flexibility index (Phi) is 2.26. The number of carbonyl (C=O) groups is 1. The third-order valence-corrected chi connectivity index (χ3v) is 1.95. The first-order valence-electron chi connectivity index (χ1n) is 4.34. The minimum absolute atomic E-state index is 0.254. The van der Waals surface area contributed by atoms with Gasteiger partial charge in [0.15, 0.2) is 5.56 Å². The average molecular weight is 194 g/mol. The molecule has 0 saturated carbocycles. The summed E-state index contributed by atoms with van der Waals surface area (Å²) in [6, 6.07) is 0. The van der Waals surface area contributed by atoms with Crippen molar-refractivity contribution in [2.45, 2.75) is 13.0 Å². The van der Waals surface area contributed by atoms with E-state index in [-0.39, 0.29) is 18.5 Å². The lowest BCUT2D eigenvalue weighted by Gasteiger charge is -2.00. The predicted molar refractivity (Wildman–Crippen MR) is 48.1 cm³/mol. The molecule has 14 heavy (non-hydrogen) atoms. The molecule has 0 aliphatic carbocycles. The molecule has 0 spiro atoms. The van der Waals surface area contributed by atoms with E-state index in [9.17, 15) is 4.79 Å². The molecule has 0 aromatic carbocycles. The summed E-state index contributed by atoms with van der Waals surface area (Å²) >= 11 is 0. The Morgan fingerprint density at radius 2 is 2.50 bits per heavy atom. The van der Waals surface area contributed by atoms with Crippen LogP contribution in [0.15, 0.2) is 23.3 Å². The Hall–Kier alpha value is -1.71. The summed E-state index contributed by atoms with van der Waals surface area (Å²) in [6.07, 6.45) is 3.94. The Bertz CT molecular complexity index is 364. The number of rotatable bonds is 4. The van der Waals surface area contributed by atoms with Crippen molar-refractivity contribution >= 4 is 5.97 Å². The lowest BCUT2D eigenvalue weighted by molar-refractivity contribution is 0.0523. The summed E-state index contributed by atoms with van der Waals surface area (Å²) in [4.78, 5) is 11.2. The first-order chi connectivity index (χ1) is 6.83. The van der Waals surface area contributed by atoms with E-state index in [1.54, 1.807) is 6.08 Å². The molecule has 74 valence electrons. The van der Waals surface area contributed by atoms with Crippen molar-refractivity contribution in [3.05, 3.63) is 30.0 Å². The van der Waals surface area contributed by atoms with E-state index in [4.69, 9.17) is 13.9 Å². The molecule has 1 aliphatic rings. The molecule has 1 aromatic heterocycles. The molecule has 0 amide bonds. The second-order valence-electron chi connectivity index (χ2n) is 2.93. The zero-order chi connectivity index (χ0) is 9.97. The molecule has 0 fully saturated rings.